The molecule has 0 heterocycles. The van der Waals surface area contributed by atoms with E-state index in [1.807, 2.05) is 60.7 Å². The summed E-state index contributed by atoms with van der Waals surface area (Å²) in [7, 11) is -1.01. The van der Waals surface area contributed by atoms with Crippen molar-refractivity contribution in [1.29, 1.82) is 0 Å². The predicted molar refractivity (Wildman–Crippen MR) is 98.6 cm³/mol. The lowest BCUT2D eigenvalue weighted by Crippen LogP contribution is -2.20. The number of rotatable bonds is 8. The lowest BCUT2D eigenvalue weighted by molar-refractivity contribution is 0.258. The standard InChI is InChI=1S/C18H20N2O4S/c1-19-17(15-9-5-3-6-10-15)13-23-25(21,22)24-14-18(20-2)16-11-7-4-8-12-16/h3-12H,13-14H2,1-2H3. The van der Waals surface area contributed by atoms with Crippen LogP contribution in [0.2, 0.25) is 0 Å². The highest BCUT2D eigenvalue weighted by atomic mass is 32.3. The minimum atomic E-state index is -4.17. The third-order valence-corrected chi connectivity index (χ3v) is 4.25. The van der Waals surface area contributed by atoms with E-state index >= 15 is 0 Å². The second-order valence-corrected chi connectivity index (χ2v) is 6.29. The average Bonchev–Trinajstić information content (AvgIpc) is 2.64. The quantitative estimate of drug-likeness (QED) is 0.678. The highest BCUT2D eigenvalue weighted by molar-refractivity contribution is 7.81. The van der Waals surface area contributed by atoms with Crippen molar-refractivity contribution in [3.05, 3.63) is 71.8 Å². The van der Waals surface area contributed by atoms with Crippen LogP contribution in [-0.2, 0) is 18.8 Å². The molecule has 0 saturated carbocycles. The van der Waals surface area contributed by atoms with Crippen LogP contribution in [0, 0.1) is 0 Å². The normalized spacial score (nSPS) is 13.0. The van der Waals surface area contributed by atoms with Gasteiger partial charge in [0.2, 0.25) is 0 Å². The summed E-state index contributed by atoms with van der Waals surface area (Å²) in [6.45, 7) is -0.403. The van der Waals surface area contributed by atoms with Crippen LogP contribution in [0.25, 0.3) is 0 Å². The van der Waals surface area contributed by atoms with Gasteiger partial charge in [-0.1, -0.05) is 60.7 Å². The van der Waals surface area contributed by atoms with E-state index in [0.717, 1.165) is 11.1 Å². The molecule has 0 spiro atoms. The predicted octanol–water partition coefficient (Wildman–Crippen LogP) is 2.50. The van der Waals surface area contributed by atoms with Gasteiger partial charge in [0.05, 0.1) is 11.4 Å². The summed E-state index contributed by atoms with van der Waals surface area (Å²) in [4.78, 5) is 8.14. The van der Waals surface area contributed by atoms with Crippen LogP contribution in [-0.4, -0.2) is 47.2 Å². The topological polar surface area (TPSA) is 77.3 Å². The van der Waals surface area contributed by atoms with Crippen molar-refractivity contribution in [1.82, 2.24) is 0 Å². The molecule has 0 radical (unpaired) electrons. The molecule has 0 unspecified atom stereocenters. The van der Waals surface area contributed by atoms with Crippen LogP contribution in [0.15, 0.2) is 70.6 Å². The fourth-order valence-corrected chi connectivity index (χ4v) is 2.69. The van der Waals surface area contributed by atoms with Crippen molar-refractivity contribution in [2.45, 2.75) is 0 Å². The molecule has 7 heteroatoms. The second kappa shape index (κ2) is 9.22. The lowest BCUT2D eigenvalue weighted by atomic mass is 10.1. The van der Waals surface area contributed by atoms with E-state index in [4.69, 9.17) is 8.37 Å². The van der Waals surface area contributed by atoms with E-state index < -0.39 is 10.4 Å². The Bertz CT molecular complexity index is 766. The lowest BCUT2D eigenvalue weighted by Gasteiger charge is -2.09. The van der Waals surface area contributed by atoms with Gasteiger partial charge in [0.25, 0.3) is 0 Å². The molecule has 0 aliphatic rings. The first kappa shape index (κ1) is 19.0. The summed E-state index contributed by atoms with van der Waals surface area (Å²) in [6, 6.07) is 18.4. The summed E-state index contributed by atoms with van der Waals surface area (Å²) in [5, 5.41) is 0. The van der Waals surface area contributed by atoms with Crippen LogP contribution >= 0.6 is 0 Å². The molecule has 0 aliphatic carbocycles. The van der Waals surface area contributed by atoms with Gasteiger partial charge < -0.3 is 0 Å². The molecular formula is C18H20N2O4S. The molecule has 0 bridgehead atoms. The molecule has 0 fully saturated rings. The smallest absolute Gasteiger partial charge is 0.290 e. The molecule has 2 aromatic rings. The maximum atomic E-state index is 12.0. The van der Waals surface area contributed by atoms with Gasteiger partial charge in [-0.2, -0.15) is 8.42 Å². The fraction of sp³-hybridized carbons (Fsp3) is 0.222. The molecule has 0 aliphatic heterocycles. The first-order valence-corrected chi connectivity index (χ1v) is 8.95. The van der Waals surface area contributed by atoms with Gasteiger partial charge in [-0.3, -0.25) is 9.98 Å². The van der Waals surface area contributed by atoms with Gasteiger partial charge in [-0.05, 0) is 11.1 Å². The van der Waals surface area contributed by atoms with Gasteiger partial charge in [0, 0.05) is 14.1 Å². The minimum absolute atomic E-state index is 0.202. The first-order chi connectivity index (χ1) is 12.1. The number of hydrogen-bond donors (Lipinski definition) is 0. The molecule has 6 nitrogen and oxygen atoms in total. The Kier molecular flexibility index (Phi) is 7.00. The highest BCUT2D eigenvalue weighted by Crippen LogP contribution is 2.07. The third-order valence-electron chi connectivity index (χ3n) is 3.43. The fourth-order valence-electron chi connectivity index (χ4n) is 2.11. The van der Waals surface area contributed by atoms with E-state index in [1.165, 1.54) is 0 Å². The van der Waals surface area contributed by atoms with Gasteiger partial charge in [0.1, 0.15) is 13.2 Å². The van der Waals surface area contributed by atoms with Crippen LogP contribution in [0.4, 0.5) is 0 Å². The average molecular weight is 360 g/mol. The summed E-state index contributed by atoms with van der Waals surface area (Å²) in [5.74, 6) is 0. The maximum Gasteiger partial charge on any atom is 0.400 e. The first-order valence-electron chi connectivity index (χ1n) is 7.61. The maximum absolute atomic E-state index is 12.0. The van der Waals surface area contributed by atoms with Crippen molar-refractivity contribution in [2.24, 2.45) is 9.98 Å². The highest BCUT2D eigenvalue weighted by Gasteiger charge is 2.16. The zero-order valence-electron chi connectivity index (χ0n) is 14.1. The molecule has 2 rings (SSSR count). The molecule has 0 amide bonds. The van der Waals surface area contributed by atoms with Crippen molar-refractivity contribution < 1.29 is 16.8 Å². The van der Waals surface area contributed by atoms with E-state index in [0.29, 0.717) is 11.4 Å². The van der Waals surface area contributed by atoms with E-state index in [1.54, 1.807) is 14.1 Å². The summed E-state index contributed by atoms with van der Waals surface area (Å²) in [6.07, 6.45) is 0. The molecule has 0 N–H and O–H groups in total. The van der Waals surface area contributed by atoms with Crippen LogP contribution in [0.5, 0.6) is 0 Å². The van der Waals surface area contributed by atoms with Gasteiger partial charge >= 0.3 is 10.4 Å². The van der Waals surface area contributed by atoms with Crippen molar-refractivity contribution in [3.63, 3.8) is 0 Å². The van der Waals surface area contributed by atoms with Crippen LogP contribution in [0.3, 0.4) is 0 Å². The molecule has 25 heavy (non-hydrogen) atoms. The van der Waals surface area contributed by atoms with Crippen LogP contribution < -0.4 is 0 Å². The number of nitrogens with zero attached hydrogens (tertiary/aromatic N) is 2. The van der Waals surface area contributed by atoms with Crippen molar-refractivity contribution >= 4 is 21.8 Å². The Hall–Kier alpha value is -2.35. The Morgan fingerprint density at radius 2 is 1.12 bits per heavy atom. The monoisotopic (exact) mass is 360 g/mol. The molecule has 0 atom stereocenters. The molecule has 132 valence electrons. The van der Waals surface area contributed by atoms with Gasteiger partial charge in [-0.15, -0.1) is 0 Å². The Morgan fingerprint density at radius 1 is 0.760 bits per heavy atom. The third kappa shape index (κ3) is 5.90. The minimum Gasteiger partial charge on any atom is -0.290 e. The Balaban J connectivity index is 1.96. The second-order valence-electron chi connectivity index (χ2n) is 5.01. The molecule has 2 aromatic carbocycles. The van der Waals surface area contributed by atoms with Gasteiger partial charge in [0.15, 0.2) is 0 Å². The zero-order valence-corrected chi connectivity index (χ0v) is 14.9. The summed E-state index contributed by atoms with van der Waals surface area (Å²) >= 11 is 0. The Morgan fingerprint density at radius 3 is 1.44 bits per heavy atom. The SMILES string of the molecule is CN=C(COS(=O)(=O)OCC(=NC)c1ccccc1)c1ccccc1. The van der Waals surface area contributed by atoms with Crippen molar-refractivity contribution in [2.75, 3.05) is 27.3 Å². The summed E-state index contributed by atoms with van der Waals surface area (Å²) < 4.78 is 33.8. The number of aliphatic imine (C=N–C) groups is 2. The number of benzene rings is 2. The summed E-state index contributed by atoms with van der Waals surface area (Å²) in [5.41, 5.74) is 2.61. The number of hydrogen-bond acceptors (Lipinski definition) is 6. The van der Waals surface area contributed by atoms with E-state index in [2.05, 4.69) is 9.98 Å². The van der Waals surface area contributed by atoms with E-state index in [9.17, 15) is 8.42 Å². The molecule has 0 aromatic heterocycles. The van der Waals surface area contributed by atoms with Gasteiger partial charge in [-0.25, -0.2) is 8.37 Å². The zero-order chi connectivity index (χ0) is 18.1. The largest absolute Gasteiger partial charge is 0.400 e. The van der Waals surface area contributed by atoms with E-state index in [-0.39, 0.29) is 13.2 Å². The molecular weight excluding hydrogens is 340 g/mol. The van der Waals surface area contributed by atoms with Crippen molar-refractivity contribution in [3.8, 4) is 0 Å². The Labute approximate surface area is 148 Å². The molecule has 0 saturated heterocycles. The van der Waals surface area contributed by atoms with Crippen LogP contribution in [0.1, 0.15) is 11.1 Å².